The van der Waals surface area contributed by atoms with Crippen LogP contribution >= 0.6 is 15.9 Å². The quantitative estimate of drug-likeness (QED) is 0.650. The maximum absolute atomic E-state index is 11.0. The van der Waals surface area contributed by atoms with Gasteiger partial charge in [0.1, 0.15) is 6.20 Å². The van der Waals surface area contributed by atoms with Gasteiger partial charge in [0.25, 0.3) is 5.90 Å². The molecule has 1 aromatic carbocycles. The smallest absolute Gasteiger partial charge is 0.343 e. The van der Waals surface area contributed by atoms with Crippen molar-refractivity contribution in [2.24, 2.45) is 5.10 Å². The number of hydrazone groups is 1. The van der Waals surface area contributed by atoms with Crippen molar-refractivity contribution < 1.29 is 9.66 Å². The van der Waals surface area contributed by atoms with Crippen LogP contribution in [-0.4, -0.2) is 20.4 Å². The Hall–Kier alpha value is -2.42. The van der Waals surface area contributed by atoms with Crippen molar-refractivity contribution in [3.63, 3.8) is 0 Å². The number of rotatable bonds is 4. The zero-order valence-corrected chi connectivity index (χ0v) is 14.1. The SMILES string of the molecule is Cc1ncc([N+](=O)[O-])n1CC1=NNC(C)(c2ccc(Br)cc2)O1. The molecule has 0 amide bonds. The summed E-state index contributed by atoms with van der Waals surface area (Å²) in [7, 11) is 0. The van der Waals surface area contributed by atoms with Crippen molar-refractivity contribution in [3.05, 3.63) is 56.4 Å². The molecule has 9 heteroatoms. The van der Waals surface area contributed by atoms with Crippen LogP contribution in [0.15, 0.2) is 40.0 Å². The fraction of sp³-hybridized carbons (Fsp3) is 0.286. The summed E-state index contributed by atoms with van der Waals surface area (Å²) in [6.07, 6.45) is 1.23. The van der Waals surface area contributed by atoms with Gasteiger partial charge in [0, 0.05) is 23.9 Å². The molecule has 0 radical (unpaired) electrons. The van der Waals surface area contributed by atoms with E-state index in [1.54, 1.807) is 6.92 Å². The van der Waals surface area contributed by atoms with Crippen LogP contribution < -0.4 is 5.43 Å². The zero-order chi connectivity index (χ0) is 16.6. The number of hydrogen-bond donors (Lipinski definition) is 1. The first-order valence-electron chi connectivity index (χ1n) is 6.84. The summed E-state index contributed by atoms with van der Waals surface area (Å²) in [5.41, 5.74) is 3.04. The first-order valence-corrected chi connectivity index (χ1v) is 7.64. The Balaban J connectivity index is 1.79. The number of nitrogens with one attached hydrogen (secondary N) is 1. The minimum atomic E-state index is -0.806. The average molecular weight is 380 g/mol. The monoisotopic (exact) mass is 379 g/mol. The highest BCUT2D eigenvalue weighted by molar-refractivity contribution is 9.10. The molecular formula is C14H14BrN5O3. The third-order valence-electron chi connectivity index (χ3n) is 3.63. The molecule has 0 spiro atoms. The molecule has 3 rings (SSSR count). The molecule has 0 saturated carbocycles. The Morgan fingerprint density at radius 3 is 2.78 bits per heavy atom. The van der Waals surface area contributed by atoms with Crippen molar-refractivity contribution in [2.75, 3.05) is 0 Å². The Morgan fingerprint density at radius 2 is 2.13 bits per heavy atom. The highest BCUT2D eigenvalue weighted by Crippen LogP contribution is 2.28. The Morgan fingerprint density at radius 1 is 1.43 bits per heavy atom. The van der Waals surface area contributed by atoms with E-state index in [0.29, 0.717) is 11.7 Å². The van der Waals surface area contributed by atoms with E-state index in [0.717, 1.165) is 10.0 Å². The molecule has 1 unspecified atom stereocenters. The van der Waals surface area contributed by atoms with Gasteiger partial charge in [-0.15, -0.1) is 5.10 Å². The maximum atomic E-state index is 11.0. The average Bonchev–Trinajstić information content (AvgIpc) is 3.05. The van der Waals surface area contributed by atoms with Gasteiger partial charge in [0.15, 0.2) is 12.4 Å². The molecule has 1 N–H and O–H groups in total. The molecule has 0 aliphatic carbocycles. The number of benzene rings is 1. The van der Waals surface area contributed by atoms with Gasteiger partial charge in [-0.2, -0.15) is 0 Å². The molecule has 2 heterocycles. The molecule has 23 heavy (non-hydrogen) atoms. The highest BCUT2D eigenvalue weighted by Gasteiger charge is 2.36. The van der Waals surface area contributed by atoms with Gasteiger partial charge >= 0.3 is 5.82 Å². The minimum Gasteiger partial charge on any atom is -0.445 e. The van der Waals surface area contributed by atoms with Crippen LogP contribution in [0.3, 0.4) is 0 Å². The van der Waals surface area contributed by atoms with Crippen LogP contribution in [0.4, 0.5) is 5.82 Å². The topological polar surface area (TPSA) is 94.6 Å². The van der Waals surface area contributed by atoms with Crippen LogP contribution in [-0.2, 0) is 17.0 Å². The highest BCUT2D eigenvalue weighted by atomic mass is 79.9. The molecule has 1 atom stereocenters. The van der Waals surface area contributed by atoms with E-state index >= 15 is 0 Å². The van der Waals surface area contributed by atoms with Gasteiger partial charge in [-0.3, -0.25) is 5.43 Å². The predicted octanol–water partition coefficient (Wildman–Crippen LogP) is 2.67. The lowest BCUT2D eigenvalue weighted by molar-refractivity contribution is -0.392. The Bertz CT molecular complexity index is 786. The number of nitro groups is 1. The molecular weight excluding hydrogens is 366 g/mol. The summed E-state index contributed by atoms with van der Waals surface area (Å²) in [5, 5.41) is 15.2. The van der Waals surface area contributed by atoms with Gasteiger partial charge in [-0.25, -0.2) is 9.55 Å². The normalized spacial score (nSPS) is 19.9. The number of aromatic nitrogens is 2. The second-order valence-electron chi connectivity index (χ2n) is 5.27. The van der Waals surface area contributed by atoms with Gasteiger partial charge in [0.2, 0.25) is 5.72 Å². The third-order valence-corrected chi connectivity index (χ3v) is 4.15. The van der Waals surface area contributed by atoms with E-state index in [1.165, 1.54) is 10.8 Å². The molecule has 0 fully saturated rings. The van der Waals surface area contributed by atoms with E-state index in [-0.39, 0.29) is 12.4 Å². The fourth-order valence-electron chi connectivity index (χ4n) is 2.34. The van der Waals surface area contributed by atoms with Gasteiger partial charge in [-0.1, -0.05) is 28.1 Å². The molecule has 1 aliphatic heterocycles. The lowest BCUT2D eigenvalue weighted by Crippen LogP contribution is -2.34. The number of ether oxygens (including phenoxy) is 1. The van der Waals surface area contributed by atoms with Crippen LogP contribution in [0.1, 0.15) is 18.3 Å². The van der Waals surface area contributed by atoms with Crippen molar-refractivity contribution >= 4 is 27.6 Å². The molecule has 1 aliphatic rings. The van der Waals surface area contributed by atoms with E-state index in [1.807, 2.05) is 31.2 Å². The second kappa shape index (κ2) is 5.65. The molecule has 2 aromatic rings. The summed E-state index contributed by atoms with van der Waals surface area (Å²) >= 11 is 3.39. The van der Waals surface area contributed by atoms with Crippen molar-refractivity contribution in [1.82, 2.24) is 15.0 Å². The lowest BCUT2D eigenvalue weighted by Gasteiger charge is -2.24. The first-order chi connectivity index (χ1) is 10.9. The van der Waals surface area contributed by atoms with Crippen molar-refractivity contribution in [1.29, 1.82) is 0 Å². The van der Waals surface area contributed by atoms with Crippen molar-refractivity contribution in [2.45, 2.75) is 26.1 Å². The molecule has 1 aromatic heterocycles. The van der Waals surface area contributed by atoms with E-state index in [4.69, 9.17) is 4.74 Å². The molecule has 120 valence electrons. The van der Waals surface area contributed by atoms with Crippen LogP contribution in [0, 0.1) is 17.0 Å². The van der Waals surface area contributed by atoms with Gasteiger partial charge in [-0.05, 0) is 17.1 Å². The van der Waals surface area contributed by atoms with Crippen LogP contribution in [0.5, 0.6) is 0 Å². The molecule has 8 nitrogen and oxygen atoms in total. The number of aryl methyl sites for hydroxylation is 1. The number of halogens is 1. The van der Waals surface area contributed by atoms with Crippen LogP contribution in [0.2, 0.25) is 0 Å². The minimum absolute atomic E-state index is 0.0916. The van der Waals surface area contributed by atoms with Crippen molar-refractivity contribution in [3.8, 4) is 0 Å². The Labute approximate surface area is 140 Å². The third kappa shape index (κ3) is 2.91. The lowest BCUT2D eigenvalue weighted by atomic mass is 10.1. The summed E-state index contributed by atoms with van der Waals surface area (Å²) in [4.78, 5) is 14.5. The predicted molar refractivity (Wildman–Crippen MR) is 86.8 cm³/mol. The van der Waals surface area contributed by atoms with Crippen LogP contribution in [0.25, 0.3) is 0 Å². The summed E-state index contributed by atoms with van der Waals surface area (Å²) in [6, 6.07) is 7.66. The Kier molecular flexibility index (Phi) is 3.80. The number of hydrogen-bond acceptors (Lipinski definition) is 6. The number of nitrogens with zero attached hydrogens (tertiary/aromatic N) is 4. The summed E-state index contributed by atoms with van der Waals surface area (Å²) in [5.74, 6) is 0.797. The maximum Gasteiger partial charge on any atom is 0.343 e. The zero-order valence-electron chi connectivity index (χ0n) is 12.5. The molecule has 0 saturated heterocycles. The first kappa shape index (κ1) is 15.5. The van der Waals surface area contributed by atoms with Gasteiger partial charge in [0.05, 0.1) is 0 Å². The standard InChI is InChI=1S/C14H14BrN5O3/c1-9-16-7-13(20(21)22)19(9)8-12-17-18-14(2,23-12)10-3-5-11(15)6-4-10/h3-7,18H,8H2,1-2H3. The summed E-state index contributed by atoms with van der Waals surface area (Å²) < 4.78 is 8.31. The van der Waals surface area contributed by atoms with E-state index < -0.39 is 10.6 Å². The summed E-state index contributed by atoms with van der Waals surface area (Å²) in [6.45, 7) is 3.69. The fourth-order valence-corrected chi connectivity index (χ4v) is 2.61. The van der Waals surface area contributed by atoms with E-state index in [2.05, 4.69) is 31.4 Å². The molecule has 0 bridgehead atoms. The second-order valence-corrected chi connectivity index (χ2v) is 6.18. The van der Waals surface area contributed by atoms with E-state index in [9.17, 15) is 10.1 Å². The largest absolute Gasteiger partial charge is 0.445 e. The number of imidazole rings is 1. The van der Waals surface area contributed by atoms with Gasteiger partial charge < -0.3 is 14.9 Å².